The van der Waals surface area contributed by atoms with Crippen LogP contribution in [0.15, 0.2) is 59.6 Å². The Morgan fingerprint density at radius 2 is 1.42 bits per heavy atom. The third-order valence-corrected chi connectivity index (χ3v) is 5.50. The van der Waals surface area contributed by atoms with Crippen molar-refractivity contribution in [2.45, 2.75) is 71.6 Å². The van der Waals surface area contributed by atoms with Crippen LogP contribution in [0.5, 0.6) is 0 Å². The van der Waals surface area contributed by atoms with E-state index >= 15 is 0 Å². The van der Waals surface area contributed by atoms with Crippen LogP contribution in [0, 0.1) is 0 Å². The largest absolute Gasteiger partial charge is 0.206 e. The molecule has 0 N–H and O–H groups in total. The van der Waals surface area contributed by atoms with Gasteiger partial charge in [0, 0.05) is 5.41 Å². The Labute approximate surface area is 159 Å². The van der Waals surface area contributed by atoms with Crippen molar-refractivity contribution in [3.05, 3.63) is 71.3 Å². The summed E-state index contributed by atoms with van der Waals surface area (Å²) in [5.74, 6) is 4.28. The normalized spacial score (nSPS) is 13.6. The lowest BCUT2D eigenvalue weighted by Gasteiger charge is -2.20. The number of para-hydroxylation sites is 1. The highest BCUT2D eigenvalue weighted by Crippen LogP contribution is 2.36. The zero-order chi connectivity index (χ0) is 19.2. The first-order valence-electron chi connectivity index (χ1n) is 9.89. The number of hydrogen-bond donors (Lipinski definition) is 0. The van der Waals surface area contributed by atoms with Gasteiger partial charge in [0.05, 0.1) is 5.69 Å². The summed E-state index contributed by atoms with van der Waals surface area (Å²) in [5, 5.41) is 0. The molecule has 0 heterocycles. The van der Waals surface area contributed by atoms with Crippen LogP contribution in [0.1, 0.15) is 82.9 Å². The molecule has 0 aliphatic rings. The van der Waals surface area contributed by atoms with Crippen molar-refractivity contribution < 1.29 is 0 Å². The molecule has 0 bridgehead atoms. The SMILES string of the molecule is CCC(C)c1cccc(C(C)CC)c1N=C=CC(C)(C)c1ccccc1. The molecule has 138 valence electrons. The molecule has 0 aliphatic carbocycles. The molecule has 0 aliphatic heterocycles. The Morgan fingerprint density at radius 1 is 0.885 bits per heavy atom. The molecule has 26 heavy (non-hydrogen) atoms. The predicted molar refractivity (Wildman–Crippen MR) is 115 cm³/mol. The molecule has 1 nitrogen and oxygen atoms in total. The minimum atomic E-state index is -0.0907. The molecule has 0 aromatic heterocycles. The molecule has 1 heteroatoms. The first kappa shape index (κ1) is 20.2. The standard InChI is InChI=1S/C25H33N/c1-7-19(3)22-15-12-16-23(20(4)8-2)24(22)26-18-17-25(5,6)21-13-10-9-11-14-21/h9-17,19-20H,7-8H2,1-6H3. The highest BCUT2D eigenvalue weighted by Gasteiger charge is 2.17. The molecule has 2 aromatic carbocycles. The van der Waals surface area contributed by atoms with Crippen LogP contribution in [0.25, 0.3) is 0 Å². The van der Waals surface area contributed by atoms with Gasteiger partial charge in [-0.1, -0.05) is 90.1 Å². The van der Waals surface area contributed by atoms with Crippen molar-refractivity contribution in [1.29, 1.82) is 0 Å². The molecule has 2 rings (SSSR count). The van der Waals surface area contributed by atoms with Crippen molar-refractivity contribution in [3.63, 3.8) is 0 Å². The Balaban J connectivity index is 2.48. The van der Waals surface area contributed by atoms with Crippen LogP contribution >= 0.6 is 0 Å². The van der Waals surface area contributed by atoms with Crippen LogP contribution in [0.4, 0.5) is 5.69 Å². The number of allylic oxidation sites excluding steroid dienone is 1. The van der Waals surface area contributed by atoms with E-state index in [2.05, 4.69) is 102 Å². The summed E-state index contributed by atoms with van der Waals surface area (Å²) < 4.78 is 0. The lowest BCUT2D eigenvalue weighted by Crippen LogP contribution is -2.13. The molecule has 0 spiro atoms. The molecular weight excluding hydrogens is 314 g/mol. The van der Waals surface area contributed by atoms with Crippen molar-refractivity contribution in [2.24, 2.45) is 4.99 Å². The van der Waals surface area contributed by atoms with E-state index < -0.39 is 0 Å². The fraction of sp³-hybridized carbons (Fsp3) is 0.440. The maximum Gasteiger partial charge on any atom is 0.0798 e. The highest BCUT2D eigenvalue weighted by molar-refractivity contribution is 5.66. The number of aliphatic imine (C=N–C) groups is 1. The molecule has 2 aromatic rings. The minimum absolute atomic E-state index is 0.0907. The van der Waals surface area contributed by atoms with Crippen LogP contribution in [0.2, 0.25) is 0 Å². The van der Waals surface area contributed by atoms with Gasteiger partial charge in [0.25, 0.3) is 0 Å². The summed E-state index contributed by atoms with van der Waals surface area (Å²) in [5.41, 5.74) is 4.98. The zero-order valence-corrected chi connectivity index (χ0v) is 17.2. The number of rotatable bonds is 7. The van der Waals surface area contributed by atoms with Gasteiger partial charge in [-0.15, -0.1) is 0 Å². The van der Waals surface area contributed by atoms with Gasteiger partial charge in [0.15, 0.2) is 0 Å². The number of hydrogen-bond acceptors (Lipinski definition) is 1. The molecule has 0 saturated heterocycles. The second kappa shape index (κ2) is 9.01. The average molecular weight is 348 g/mol. The smallest absolute Gasteiger partial charge is 0.0798 e. The lowest BCUT2D eigenvalue weighted by atomic mass is 9.85. The Kier molecular flexibility index (Phi) is 7.00. The van der Waals surface area contributed by atoms with Crippen molar-refractivity contribution >= 4 is 11.6 Å². The quantitative estimate of drug-likeness (QED) is 0.458. The lowest BCUT2D eigenvalue weighted by molar-refractivity contribution is 0.675. The highest BCUT2D eigenvalue weighted by atomic mass is 14.7. The first-order chi connectivity index (χ1) is 12.4. The Bertz CT molecular complexity index is 736. The summed E-state index contributed by atoms with van der Waals surface area (Å²) in [6.45, 7) is 13.5. The fourth-order valence-electron chi connectivity index (χ4n) is 3.15. The zero-order valence-electron chi connectivity index (χ0n) is 17.2. The Hall–Kier alpha value is -2.11. The molecule has 0 radical (unpaired) electrons. The summed E-state index contributed by atoms with van der Waals surface area (Å²) in [6, 6.07) is 17.2. The molecule has 2 unspecified atom stereocenters. The van der Waals surface area contributed by atoms with E-state index in [0.29, 0.717) is 11.8 Å². The van der Waals surface area contributed by atoms with Crippen molar-refractivity contribution in [3.8, 4) is 0 Å². The second-order valence-corrected chi connectivity index (χ2v) is 7.88. The Morgan fingerprint density at radius 3 is 1.92 bits per heavy atom. The summed E-state index contributed by atoms with van der Waals surface area (Å²) in [7, 11) is 0. The summed E-state index contributed by atoms with van der Waals surface area (Å²) in [4.78, 5) is 4.85. The first-order valence-corrected chi connectivity index (χ1v) is 9.89. The topological polar surface area (TPSA) is 12.4 Å². The van der Waals surface area contributed by atoms with Gasteiger partial charge in [0.1, 0.15) is 0 Å². The van der Waals surface area contributed by atoms with E-state index in [9.17, 15) is 0 Å². The number of benzene rings is 2. The third kappa shape index (κ3) is 4.74. The van der Waals surface area contributed by atoms with Gasteiger partial charge in [-0.25, -0.2) is 4.99 Å². The van der Waals surface area contributed by atoms with Gasteiger partial charge in [-0.2, -0.15) is 0 Å². The van der Waals surface area contributed by atoms with Crippen LogP contribution in [0.3, 0.4) is 0 Å². The van der Waals surface area contributed by atoms with E-state index in [0.717, 1.165) is 18.5 Å². The van der Waals surface area contributed by atoms with Gasteiger partial charge in [0.2, 0.25) is 0 Å². The van der Waals surface area contributed by atoms with Crippen LogP contribution < -0.4 is 0 Å². The molecule has 2 atom stereocenters. The third-order valence-electron chi connectivity index (χ3n) is 5.50. The van der Waals surface area contributed by atoms with E-state index in [1.165, 1.54) is 16.7 Å². The molecule has 0 saturated carbocycles. The van der Waals surface area contributed by atoms with E-state index in [1.54, 1.807) is 0 Å². The summed E-state index contributed by atoms with van der Waals surface area (Å²) in [6.07, 6.45) is 4.33. The fourth-order valence-corrected chi connectivity index (χ4v) is 3.15. The van der Waals surface area contributed by atoms with E-state index in [-0.39, 0.29) is 5.41 Å². The van der Waals surface area contributed by atoms with Crippen LogP contribution in [-0.2, 0) is 5.41 Å². The molecular formula is C25H33N. The second-order valence-electron chi connectivity index (χ2n) is 7.88. The van der Waals surface area contributed by atoms with Gasteiger partial charge in [-0.3, -0.25) is 0 Å². The van der Waals surface area contributed by atoms with Gasteiger partial charge in [-0.05, 0) is 53.3 Å². The van der Waals surface area contributed by atoms with Gasteiger partial charge < -0.3 is 0 Å². The number of nitrogens with zero attached hydrogens (tertiary/aromatic N) is 1. The molecule has 0 amide bonds. The summed E-state index contributed by atoms with van der Waals surface area (Å²) >= 11 is 0. The predicted octanol–water partition coefficient (Wildman–Crippen LogP) is 7.55. The van der Waals surface area contributed by atoms with Crippen molar-refractivity contribution in [2.75, 3.05) is 0 Å². The minimum Gasteiger partial charge on any atom is -0.206 e. The van der Waals surface area contributed by atoms with Crippen molar-refractivity contribution in [1.82, 2.24) is 0 Å². The maximum absolute atomic E-state index is 4.85. The average Bonchev–Trinajstić information content (AvgIpc) is 2.67. The van der Waals surface area contributed by atoms with Crippen LogP contribution in [-0.4, -0.2) is 5.87 Å². The monoisotopic (exact) mass is 347 g/mol. The maximum atomic E-state index is 4.85. The van der Waals surface area contributed by atoms with E-state index in [1.807, 2.05) is 0 Å². The van der Waals surface area contributed by atoms with Gasteiger partial charge >= 0.3 is 0 Å². The molecule has 0 fully saturated rings. The van der Waals surface area contributed by atoms with E-state index in [4.69, 9.17) is 4.99 Å².